The lowest BCUT2D eigenvalue weighted by Gasteiger charge is -2.07. The summed E-state index contributed by atoms with van der Waals surface area (Å²) in [6.45, 7) is -0.246. The third-order valence-electron chi connectivity index (χ3n) is 2.23. The summed E-state index contributed by atoms with van der Waals surface area (Å²) in [5.41, 5.74) is 0.943. The number of halogens is 3. The van der Waals surface area contributed by atoms with E-state index in [4.69, 9.17) is 4.74 Å². The highest BCUT2D eigenvalue weighted by Crippen LogP contribution is 2.17. The van der Waals surface area contributed by atoms with Gasteiger partial charge in [0.1, 0.15) is 5.75 Å². The van der Waals surface area contributed by atoms with Crippen molar-refractivity contribution in [3.63, 3.8) is 0 Å². The van der Waals surface area contributed by atoms with Crippen molar-refractivity contribution in [3.8, 4) is 5.75 Å². The van der Waals surface area contributed by atoms with Crippen LogP contribution in [-0.2, 0) is 16.0 Å². The van der Waals surface area contributed by atoms with Gasteiger partial charge in [0.15, 0.2) is 0 Å². The van der Waals surface area contributed by atoms with Gasteiger partial charge in [-0.25, -0.2) is 4.79 Å². The van der Waals surface area contributed by atoms with Crippen LogP contribution in [0.1, 0.15) is 12.0 Å². The van der Waals surface area contributed by atoms with Crippen molar-refractivity contribution >= 4 is 5.97 Å². The second kappa shape index (κ2) is 6.28. The fourth-order valence-corrected chi connectivity index (χ4v) is 1.32. The van der Waals surface area contributed by atoms with Gasteiger partial charge in [-0.2, -0.15) is 13.2 Å². The van der Waals surface area contributed by atoms with E-state index >= 15 is 0 Å². The Kier molecular flexibility index (Phi) is 5.00. The maximum atomic E-state index is 11.8. The van der Waals surface area contributed by atoms with E-state index in [2.05, 4.69) is 4.74 Å². The summed E-state index contributed by atoms with van der Waals surface area (Å²) in [7, 11) is 1.55. The molecule has 0 N–H and O–H groups in total. The lowest BCUT2D eigenvalue weighted by Crippen LogP contribution is -2.25. The van der Waals surface area contributed by atoms with E-state index < -0.39 is 12.1 Å². The standard InChI is InChI=1S/C12H13F3O3/c1-17-10-6-4-9(5-7-10)3-2-8-18-11(16)12(13,14)15/h4-7H,2-3,8H2,1H3. The van der Waals surface area contributed by atoms with Gasteiger partial charge in [0.2, 0.25) is 0 Å². The van der Waals surface area contributed by atoms with Crippen molar-refractivity contribution in [1.29, 1.82) is 0 Å². The molecule has 0 fully saturated rings. The zero-order valence-electron chi connectivity index (χ0n) is 9.79. The normalized spacial score (nSPS) is 11.1. The number of hydrogen-bond donors (Lipinski definition) is 0. The van der Waals surface area contributed by atoms with Crippen molar-refractivity contribution in [2.45, 2.75) is 19.0 Å². The zero-order valence-corrected chi connectivity index (χ0v) is 9.79. The van der Waals surface area contributed by atoms with Gasteiger partial charge in [-0.1, -0.05) is 12.1 Å². The number of aryl methyl sites for hydroxylation is 1. The summed E-state index contributed by atoms with van der Waals surface area (Å²) >= 11 is 0. The number of benzene rings is 1. The summed E-state index contributed by atoms with van der Waals surface area (Å²) in [5.74, 6) is -1.43. The Labute approximate surface area is 103 Å². The maximum absolute atomic E-state index is 11.8. The van der Waals surface area contributed by atoms with Crippen LogP contribution in [0.25, 0.3) is 0 Å². The van der Waals surface area contributed by atoms with Crippen molar-refractivity contribution < 1.29 is 27.4 Å². The molecule has 100 valence electrons. The van der Waals surface area contributed by atoms with Gasteiger partial charge in [-0.05, 0) is 30.5 Å². The first-order chi connectivity index (χ1) is 8.43. The number of rotatable bonds is 5. The van der Waals surface area contributed by atoms with Crippen molar-refractivity contribution in [1.82, 2.24) is 0 Å². The van der Waals surface area contributed by atoms with Crippen LogP contribution in [0.3, 0.4) is 0 Å². The molecule has 0 aliphatic heterocycles. The molecule has 0 bridgehead atoms. The van der Waals surface area contributed by atoms with Crippen LogP contribution in [0.4, 0.5) is 13.2 Å². The Balaban J connectivity index is 2.27. The minimum atomic E-state index is -4.92. The molecule has 0 saturated heterocycles. The van der Waals surface area contributed by atoms with Crippen molar-refractivity contribution in [3.05, 3.63) is 29.8 Å². The van der Waals surface area contributed by atoms with Gasteiger partial charge in [-0.3, -0.25) is 0 Å². The maximum Gasteiger partial charge on any atom is 0.490 e. The molecule has 0 aromatic heterocycles. The number of hydrogen-bond acceptors (Lipinski definition) is 3. The van der Waals surface area contributed by atoms with E-state index in [0.717, 1.165) is 5.56 Å². The zero-order chi connectivity index (χ0) is 13.6. The summed E-state index contributed by atoms with van der Waals surface area (Å²) in [6, 6.07) is 7.14. The van der Waals surface area contributed by atoms with E-state index in [9.17, 15) is 18.0 Å². The predicted octanol–water partition coefficient (Wildman–Crippen LogP) is 2.73. The van der Waals surface area contributed by atoms with Crippen LogP contribution < -0.4 is 4.74 Å². The molecular weight excluding hydrogens is 249 g/mol. The second-order valence-corrected chi connectivity index (χ2v) is 3.59. The molecule has 0 radical (unpaired) electrons. The third-order valence-corrected chi connectivity index (χ3v) is 2.23. The molecule has 0 aliphatic carbocycles. The summed E-state index contributed by atoms with van der Waals surface area (Å²) in [5, 5.41) is 0. The molecule has 3 nitrogen and oxygen atoms in total. The minimum Gasteiger partial charge on any atom is -0.497 e. The fraction of sp³-hybridized carbons (Fsp3) is 0.417. The molecule has 0 unspecified atom stereocenters. The summed E-state index contributed by atoms with van der Waals surface area (Å²) < 4.78 is 44.4. The third kappa shape index (κ3) is 4.65. The molecule has 0 amide bonds. The average Bonchev–Trinajstić information content (AvgIpc) is 2.34. The van der Waals surface area contributed by atoms with Crippen LogP contribution in [0.15, 0.2) is 24.3 Å². The number of methoxy groups -OCH3 is 1. The second-order valence-electron chi connectivity index (χ2n) is 3.59. The Morgan fingerprint density at radius 2 is 1.83 bits per heavy atom. The van der Waals surface area contributed by atoms with Gasteiger partial charge in [0.25, 0.3) is 0 Å². The van der Waals surface area contributed by atoms with Crippen LogP contribution in [0.5, 0.6) is 5.75 Å². The summed E-state index contributed by atoms with van der Waals surface area (Å²) in [4.78, 5) is 10.4. The first-order valence-corrected chi connectivity index (χ1v) is 5.30. The van der Waals surface area contributed by atoms with Gasteiger partial charge < -0.3 is 9.47 Å². The molecule has 6 heteroatoms. The molecule has 1 aromatic rings. The Hall–Kier alpha value is -1.72. The van der Waals surface area contributed by atoms with E-state index in [-0.39, 0.29) is 6.61 Å². The molecule has 1 rings (SSSR count). The monoisotopic (exact) mass is 262 g/mol. The minimum absolute atomic E-state index is 0.246. The lowest BCUT2D eigenvalue weighted by atomic mass is 10.1. The number of esters is 1. The Morgan fingerprint density at radius 1 is 1.22 bits per heavy atom. The van der Waals surface area contributed by atoms with Crippen LogP contribution in [-0.4, -0.2) is 25.9 Å². The highest BCUT2D eigenvalue weighted by molar-refractivity contribution is 5.75. The average molecular weight is 262 g/mol. The van der Waals surface area contributed by atoms with E-state index in [1.165, 1.54) is 0 Å². The first kappa shape index (κ1) is 14.3. The molecule has 18 heavy (non-hydrogen) atoms. The quantitative estimate of drug-likeness (QED) is 0.604. The molecular formula is C12H13F3O3. The molecule has 0 heterocycles. The van der Waals surface area contributed by atoms with E-state index in [1.807, 2.05) is 12.1 Å². The molecule has 0 aliphatic rings. The largest absolute Gasteiger partial charge is 0.497 e. The van der Waals surface area contributed by atoms with Crippen LogP contribution >= 0.6 is 0 Å². The Morgan fingerprint density at radius 3 is 2.33 bits per heavy atom. The van der Waals surface area contributed by atoms with Crippen LogP contribution in [0, 0.1) is 0 Å². The smallest absolute Gasteiger partial charge is 0.490 e. The lowest BCUT2D eigenvalue weighted by molar-refractivity contribution is -0.199. The van der Waals surface area contributed by atoms with Crippen molar-refractivity contribution in [2.75, 3.05) is 13.7 Å². The molecule has 0 saturated carbocycles. The van der Waals surface area contributed by atoms with Gasteiger partial charge in [0, 0.05) is 0 Å². The van der Waals surface area contributed by atoms with Crippen molar-refractivity contribution in [2.24, 2.45) is 0 Å². The molecule has 0 atom stereocenters. The Bertz CT molecular complexity index is 385. The van der Waals surface area contributed by atoms with Gasteiger partial charge >= 0.3 is 12.1 Å². The highest BCUT2D eigenvalue weighted by Gasteiger charge is 2.40. The summed E-state index contributed by atoms with van der Waals surface area (Å²) in [6.07, 6.45) is -4.04. The van der Waals surface area contributed by atoms with Gasteiger partial charge in [0.05, 0.1) is 13.7 Å². The van der Waals surface area contributed by atoms with E-state index in [1.54, 1.807) is 19.2 Å². The first-order valence-electron chi connectivity index (χ1n) is 5.30. The topological polar surface area (TPSA) is 35.5 Å². The number of carbonyl (C=O) groups excluding carboxylic acids is 1. The predicted molar refractivity (Wildman–Crippen MR) is 58.3 cm³/mol. The fourth-order valence-electron chi connectivity index (χ4n) is 1.32. The molecule has 0 spiro atoms. The van der Waals surface area contributed by atoms with Gasteiger partial charge in [-0.15, -0.1) is 0 Å². The van der Waals surface area contributed by atoms with E-state index in [0.29, 0.717) is 18.6 Å². The number of carbonyl (C=O) groups is 1. The number of ether oxygens (including phenoxy) is 2. The number of alkyl halides is 3. The highest BCUT2D eigenvalue weighted by atomic mass is 19.4. The molecule has 1 aromatic carbocycles. The van der Waals surface area contributed by atoms with Crippen LogP contribution in [0.2, 0.25) is 0 Å². The SMILES string of the molecule is COc1ccc(CCCOC(=O)C(F)(F)F)cc1.